The molecule has 3 nitrogen and oxygen atoms in total. The van der Waals surface area contributed by atoms with Crippen molar-refractivity contribution in [1.82, 2.24) is 0 Å². The van der Waals surface area contributed by atoms with Gasteiger partial charge in [-0.1, -0.05) is 36.9 Å². The van der Waals surface area contributed by atoms with E-state index in [1.165, 1.54) is 5.56 Å². The molecule has 4 heteroatoms. The van der Waals surface area contributed by atoms with Crippen LogP contribution < -0.4 is 0 Å². The number of rotatable bonds is 7. The maximum absolute atomic E-state index is 11.1. The summed E-state index contributed by atoms with van der Waals surface area (Å²) in [6.07, 6.45) is 0.721. The van der Waals surface area contributed by atoms with Gasteiger partial charge in [0.05, 0.1) is 6.61 Å². The number of hydrogen-bond acceptors (Lipinski definition) is 3. The third kappa shape index (κ3) is 5.79. The van der Waals surface area contributed by atoms with Crippen molar-refractivity contribution in [1.29, 1.82) is 0 Å². The summed E-state index contributed by atoms with van der Waals surface area (Å²) in [5, 5.41) is 0. The quantitative estimate of drug-likeness (QED) is 0.354. The van der Waals surface area contributed by atoms with Crippen LogP contribution in [0.1, 0.15) is 18.9 Å². The van der Waals surface area contributed by atoms with Crippen molar-refractivity contribution < 1.29 is 14.3 Å². The maximum Gasteiger partial charge on any atom is 0.333 e. The fourth-order valence-corrected chi connectivity index (χ4v) is 3.25. The summed E-state index contributed by atoms with van der Waals surface area (Å²) in [6, 6.07) is 11.5. The molecule has 0 radical (unpaired) electrons. The van der Waals surface area contributed by atoms with Gasteiger partial charge in [0.2, 0.25) is 0 Å². The summed E-state index contributed by atoms with van der Waals surface area (Å²) in [4.78, 5) is 21.1. The molecule has 0 aliphatic carbocycles. The van der Waals surface area contributed by atoms with Crippen LogP contribution in [0.3, 0.4) is 0 Å². The lowest BCUT2D eigenvalue weighted by Gasteiger charge is -2.09. The number of carbonyl (C=O) groups is 1. The normalized spacial score (nSPS) is 11.9. The maximum atomic E-state index is 11.1. The molecule has 0 aliphatic heterocycles. The second kappa shape index (κ2) is 7.84. The highest BCUT2D eigenvalue weighted by Crippen LogP contribution is 2.06. The smallest absolute Gasteiger partial charge is 0.333 e. The van der Waals surface area contributed by atoms with Crippen LogP contribution in [-0.2, 0) is 15.6 Å². The van der Waals surface area contributed by atoms with Crippen molar-refractivity contribution in [2.24, 2.45) is 0 Å². The van der Waals surface area contributed by atoms with Crippen LogP contribution in [0.4, 0.5) is 0 Å². The van der Waals surface area contributed by atoms with Gasteiger partial charge in [0.25, 0.3) is 0 Å². The zero-order chi connectivity index (χ0) is 13.4. The van der Waals surface area contributed by atoms with E-state index in [4.69, 9.17) is 4.74 Å². The van der Waals surface area contributed by atoms with Crippen LogP contribution >= 0.6 is 0 Å². The molecule has 0 aliphatic rings. The molecule has 0 aromatic heterocycles. The number of hydrogen-bond donors (Lipinski definition) is 1. The lowest BCUT2D eigenvalue weighted by atomic mass is 10.2. The third-order valence-corrected chi connectivity index (χ3v) is 4.59. The van der Waals surface area contributed by atoms with Crippen molar-refractivity contribution >= 4 is 15.0 Å². The van der Waals surface area contributed by atoms with Crippen molar-refractivity contribution in [3.63, 3.8) is 0 Å². The van der Waals surface area contributed by atoms with Gasteiger partial charge in [-0.25, -0.2) is 4.79 Å². The van der Waals surface area contributed by atoms with E-state index >= 15 is 0 Å². The highest BCUT2D eigenvalue weighted by atomic mass is 28.3. The molecule has 0 fully saturated rings. The Hall–Kier alpha value is -1.39. The molecule has 98 valence electrons. The van der Waals surface area contributed by atoms with Crippen LogP contribution in [-0.4, -0.2) is 26.4 Å². The Balaban J connectivity index is 2.16. The summed E-state index contributed by atoms with van der Waals surface area (Å²) in [5.74, 6) is -0.353. The van der Waals surface area contributed by atoms with Crippen molar-refractivity contribution in [2.45, 2.75) is 25.4 Å². The first-order valence-electron chi connectivity index (χ1n) is 6.14. The van der Waals surface area contributed by atoms with Crippen LogP contribution in [0, 0.1) is 0 Å². The van der Waals surface area contributed by atoms with E-state index in [0.717, 1.165) is 18.5 Å². The van der Waals surface area contributed by atoms with E-state index in [1.807, 2.05) is 30.3 Å². The lowest BCUT2D eigenvalue weighted by Crippen LogP contribution is -2.17. The zero-order valence-corrected chi connectivity index (χ0v) is 11.9. The van der Waals surface area contributed by atoms with Gasteiger partial charge in [-0.2, -0.15) is 0 Å². The number of benzene rings is 1. The van der Waals surface area contributed by atoms with Crippen molar-refractivity contribution in [3.8, 4) is 0 Å². The standard InChI is InChI=1S/C14H20O3Si/c1-12(2)14(15)17-9-6-10-18(16)11-13-7-4-3-5-8-13/h3-5,7-8,16,18H,1,6,9-11H2,2H3. The second-order valence-corrected chi connectivity index (χ2v) is 6.70. The summed E-state index contributed by atoms with van der Waals surface area (Å²) in [7, 11) is -1.73. The molecule has 18 heavy (non-hydrogen) atoms. The summed E-state index contributed by atoms with van der Waals surface area (Å²) in [6.45, 7) is 5.50. The number of ether oxygens (including phenoxy) is 1. The fourth-order valence-electron chi connectivity index (χ4n) is 1.60. The highest BCUT2D eigenvalue weighted by Gasteiger charge is 2.09. The molecule has 1 N–H and O–H groups in total. The minimum Gasteiger partial charge on any atom is -0.462 e. The number of esters is 1. The molecule has 1 atom stereocenters. The Morgan fingerprint density at radius 1 is 1.39 bits per heavy atom. The Morgan fingerprint density at radius 2 is 2.06 bits per heavy atom. The molecule has 0 bridgehead atoms. The van der Waals surface area contributed by atoms with Crippen LogP contribution in [0.2, 0.25) is 6.04 Å². The monoisotopic (exact) mass is 264 g/mol. The molecule has 1 rings (SSSR count). The first-order valence-corrected chi connectivity index (χ1v) is 8.29. The van der Waals surface area contributed by atoms with Crippen LogP contribution in [0.15, 0.2) is 42.5 Å². The Kier molecular flexibility index (Phi) is 6.39. The molecule has 0 saturated carbocycles. The fraction of sp³-hybridized carbons (Fsp3) is 0.357. The Labute approximate surface area is 110 Å². The third-order valence-electron chi connectivity index (χ3n) is 2.58. The van der Waals surface area contributed by atoms with Crippen LogP contribution in [0.5, 0.6) is 0 Å². The molecule has 0 amide bonds. The van der Waals surface area contributed by atoms with Crippen molar-refractivity contribution in [3.05, 3.63) is 48.0 Å². The highest BCUT2D eigenvalue weighted by molar-refractivity contribution is 6.49. The molecule has 0 heterocycles. The van der Waals surface area contributed by atoms with Gasteiger partial charge in [0.1, 0.15) is 0 Å². The van der Waals surface area contributed by atoms with Crippen LogP contribution in [0.25, 0.3) is 0 Å². The van der Waals surface area contributed by atoms with E-state index in [-0.39, 0.29) is 5.97 Å². The van der Waals surface area contributed by atoms with E-state index < -0.39 is 9.04 Å². The minimum absolute atomic E-state index is 0.353. The Morgan fingerprint density at radius 3 is 2.67 bits per heavy atom. The zero-order valence-electron chi connectivity index (χ0n) is 10.8. The summed E-state index contributed by atoms with van der Waals surface area (Å²) in [5.41, 5.74) is 1.59. The van der Waals surface area contributed by atoms with Gasteiger partial charge in [0, 0.05) is 5.57 Å². The summed E-state index contributed by atoms with van der Waals surface area (Å²) >= 11 is 0. The molecular weight excluding hydrogens is 244 g/mol. The molecule has 0 spiro atoms. The van der Waals surface area contributed by atoms with E-state index in [1.54, 1.807) is 6.92 Å². The molecular formula is C14H20O3Si. The van der Waals surface area contributed by atoms with Gasteiger partial charge < -0.3 is 9.53 Å². The SMILES string of the molecule is C=C(C)C(=O)OCCC[SiH](O)Cc1ccccc1. The predicted octanol–water partition coefficient (Wildman–Crippen LogP) is 1.99. The predicted molar refractivity (Wildman–Crippen MR) is 74.7 cm³/mol. The van der Waals surface area contributed by atoms with Gasteiger partial charge in [-0.3, -0.25) is 0 Å². The second-order valence-electron chi connectivity index (χ2n) is 4.40. The van der Waals surface area contributed by atoms with Gasteiger partial charge >= 0.3 is 5.97 Å². The topological polar surface area (TPSA) is 46.5 Å². The van der Waals surface area contributed by atoms with Gasteiger partial charge in [0.15, 0.2) is 9.04 Å². The van der Waals surface area contributed by atoms with E-state index in [0.29, 0.717) is 12.2 Å². The van der Waals surface area contributed by atoms with E-state index in [2.05, 4.69) is 6.58 Å². The first-order chi connectivity index (χ1) is 8.59. The van der Waals surface area contributed by atoms with E-state index in [9.17, 15) is 9.59 Å². The van der Waals surface area contributed by atoms with Gasteiger partial charge in [-0.05, 0) is 31.0 Å². The minimum atomic E-state index is -1.73. The Bertz CT molecular complexity index is 389. The summed E-state index contributed by atoms with van der Waals surface area (Å²) < 4.78 is 4.98. The first kappa shape index (κ1) is 14.7. The average Bonchev–Trinajstić information content (AvgIpc) is 2.35. The van der Waals surface area contributed by atoms with Gasteiger partial charge in [-0.15, -0.1) is 0 Å². The molecule has 1 aromatic rings. The molecule has 1 aromatic carbocycles. The lowest BCUT2D eigenvalue weighted by molar-refractivity contribution is -0.138. The van der Waals surface area contributed by atoms with Crippen molar-refractivity contribution in [2.75, 3.05) is 6.61 Å². The number of carbonyl (C=O) groups excluding carboxylic acids is 1. The average molecular weight is 264 g/mol. The largest absolute Gasteiger partial charge is 0.462 e. The molecule has 0 saturated heterocycles. The molecule has 1 unspecified atom stereocenters.